The van der Waals surface area contributed by atoms with Crippen molar-refractivity contribution in [2.75, 3.05) is 18.9 Å². The van der Waals surface area contributed by atoms with Crippen LogP contribution in [0.4, 0.5) is 5.69 Å². The Morgan fingerprint density at radius 3 is 2.45 bits per heavy atom. The van der Waals surface area contributed by atoms with Crippen LogP contribution >= 0.6 is 12.2 Å². The molecule has 1 aromatic carbocycles. The van der Waals surface area contributed by atoms with Crippen LogP contribution in [0.3, 0.4) is 0 Å². The molecule has 0 aliphatic rings. The highest BCUT2D eigenvalue weighted by molar-refractivity contribution is 7.80. The number of nitrogens with one attached hydrogen (secondary N) is 2. The number of nitrogens with zero attached hydrogens (tertiary/aromatic N) is 1. The highest BCUT2D eigenvalue weighted by Gasteiger charge is 2.16. The third kappa shape index (κ3) is 5.57. The number of aryl methyl sites for hydroxylation is 1. The van der Waals surface area contributed by atoms with Gasteiger partial charge in [0.1, 0.15) is 0 Å². The van der Waals surface area contributed by atoms with Crippen molar-refractivity contribution >= 4 is 28.9 Å². The van der Waals surface area contributed by atoms with Gasteiger partial charge in [-0.05, 0) is 51.5 Å². The topological polar surface area (TPSA) is 44.4 Å². The van der Waals surface area contributed by atoms with E-state index in [0.717, 1.165) is 11.3 Å². The smallest absolute Gasteiger partial charge is 0.239 e. The van der Waals surface area contributed by atoms with Gasteiger partial charge in [-0.25, -0.2) is 0 Å². The van der Waals surface area contributed by atoms with Crippen LogP contribution in [0.15, 0.2) is 24.3 Å². The lowest BCUT2D eigenvalue weighted by molar-refractivity contribution is -0.122. The highest BCUT2D eigenvalue weighted by atomic mass is 32.1. The van der Waals surface area contributed by atoms with Gasteiger partial charge in [-0.2, -0.15) is 0 Å². The minimum atomic E-state index is -0.233. The standard InChI is InChI=1S/C15H23N3OS/c1-11-8-6-7-9-12(11)16-14(20)18(5)10-13(19)17-15(2,3)4/h6-9H,10H2,1-5H3,(H,16,20)(H,17,19). The summed E-state index contributed by atoms with van der Waals surface area (Å²) < 4.78 is 0. The molecule has 1 amide bonds. The molecular formula is C15H23N3OS. The van der Waals surface area contributed by atoms with Crippen LogP contribution in [0.1, 0.15) is 26.3 Å². The van der Waals surface area contributed by atoms with Crippen molar-refractivity contribution in [3.05, 3.63) is 29.8 Å². The van der Waals surface area contributed by atoms with Crippen molar-refractivity contribution in [3.8, 4) is 0 Å². The van der Waals surface area contributed by atoms with E-state index in [4.69, 9.17) is 12.2 Å². The summed E-state index contributed by atoms with van der Waals surface area (Å²) in [5.74, 6) is -0.0473. The van der Waals surface area contributed by atoms with E-state index in [0.29, 0.717) is 5.11 Å². The molecule has 0 atom stereocenters. The van der Waals surface area contributed by atoms with Gasteiger partial charge in [0, 0.05) is 18.3 Å². The molecule has 2 N–H and O–H groups in total. The van der Waals surface area contributed by atoms with Crippen molar-refractivity contribution in [1.29, 1.82) is 0 Å². The van der Waals surface area contributed by atoms with E-state index in [9.17, 15) is 4.79 Å². The Bertz CT molecular complexity index is 494. The highest BCUT2D eigenvalue weighted by Crippen LogP contribution is 2.13. The molecule has 0 aliphatic carbocycles. The number of amides is 1. The second-order valence-electron chi connectivity index (χ2n) is 5.90. The molecule has 0 saturated heterocycles. The maximum Gasteiger partial charge on any atom is 0.239 e. The molecule has 0 bridgehead atoms. The zero-order valence-corrected chi connectivity index (χ0v) is 13.6. The molecule has 0 spiro atoms. The summed E-state index contributed by atoms with van der Waals surface area (Å²) in [5, 5.41) is 6.60. The van der Waals surface area contributed by atoms with Crippen LogP contribution in [-0.4, -0.2) is 35.1 Å². The monoisotopic (exact) mass is 293 g/mol. The molecule has 0 saturated carbocycles. The molecule has 4 nitrogen and oxygen atoms in total. The molecule has 0 radical (unpaired) electrons. The Morgan fingerprint density at radius 2 is 1.90 bits per heavy atom. The van der Waals surface area contributed by atoms with Crippen LogP contribution in [0.2, 0.25) is 0 Å². The molecular weight excluding hydrogens is 270 g/mol. The first-order valence-electron chi connectivity index (χ1n) is 6.58. The molecule has 1 aromatic rings. The fraction of sp³-hybridized carbons (Fsp3) is 0.467. The van der Waals surface area contributed by atoms with Gasteiger partial charge in [0.15, 0.2) is 5.11 Å². The average Bonchev–Trinajstić information content (AvgIpc) is 2.29. The van der Waals surface area contributed by atoms with Gasteiger partial charge in [0.2, 0.25) is 5.91 Å². The van der Waals surface area contributed by atoms with E-state index in [1.807, 2.05) is 52.0 Å². The number of likely N-dealkylation sites (N-methyl/N-ethyl adjacent to an activating group) is 1. The third-order valence-corrected chi connectivity index (χ3v) is 3.04. The van der Waals surface area contributed by atoms with Crippen molar-refractivity contribution < 1.29 is 4.79 Å². The number of anilines is 1. The van der Waals surface area contributed by atoms with Crippen LogP contribution in [0.25, 0.3) is 0 Å². The van der Waals surface area contributed by atoms with Crippen LogP contribution in [0.5, 0.6) is 0 Å². The first-order valence-corrected chi connectivity index (χ1v) is 6.98. The predicted molar refractivity (Wildman–Crippen MR) is 87.9 cm³/mol. The lowest BCUT2D eigenvalue weighted by atomic mass is 10.1. The normalized spacial score (nSPS) is 10.8. The molecule has 110 valence electrons. The van der Waals surface area contributed by atoms with Gasteiger partial charge in [-0.3, -0.25) is 4.79 Å². The summed E-state index contributed by atoms with van der Waals surface area (Å²) in [4.78, 5) is 13.6. The summed E-state index contributed by atoms with van der Waals surface area (Å²) in [5.41, 5.74) is 1.84. The molecule has 20 heavy (non-hydrogen) atoms. The van der Waals surface area contributed by atoms with Gasteiger partial charge >= 0.3 is 0 Å². The second kappa shape index (κ2) is 6.70. The second-order valence-corrected chi connectivity index (χ2v) is 6.29. The fourth-order valence-corrected chi connectivity index (χ4v) is 1.84. The van der Waals surface area contributed by atoms with Gasteiger partial charge < -0.3 is 15.5 Å². The SMILES string of the molecule is Cc1ccccc1NC(=S)N(C)CC(=O)NC(C)(C)C. The quantitative estimate of drug-likeness (QED) is 0.841. The number of rotatable bonds is 3. The molecule has 5 heteroatoms. The van der Waals surface area contributed by atoms with E-state index < -0.39 is 0 Å². The molecule has 0 aromatic heterocycles. The molecule has 0 heterocycles. The minimum Gasteiger partial charge on any atom is -0.350 e. The van der Waals surface area contributed by atoms with Crippen molar-refractivity contribution in [2.45, 2.75) is 33.2 Å². The van der Waals surface area contributed by atoms with E-state index in [1.165, 1.54) is 0 Å². The molecule has 0 aliphatic heterocycles. The Kier molecular flexibility index (Phi) is 5.51. The maximum absolute atomic E-state index is 11.9. The van der Waals surface area contributed by atoms with Crippen molar-refractivity contribution in [3.63, 3.8) is 0 Å². The average molecular weight is 293 g/mol. The Labute approximate surface area is 126 Å². The van der Waals surface area contributed by atoms with Crippen LogP contribution < -0.4 is 10.6 Å². The van der Waals surface area contributed by atoms with Crippen molar-refractivity contribution in [2.24, 2.45) is 0 Å². The molecule has 1 rings (SSSR count). The summed E-state index contributed by atoms with van der Waals surface area (Å²) in [6, 6.07) is 7.90. The number of carbonyl (C=O) groups excluding carboxylic acids is 1. The number of benzene rings is 1. The fourth-order valence-electron chi connectivity index (χ4n) is 1.67. The van der Waals surface area contributed by atoms with Gasteiger partial charge in [0.05, 0.1) is 6.54 Å². The predicted octanol–water partition coefficient (Wildman–Crippen LogP) is 2.54. The first kappa shape index (κ1) is 16.4. The van der Waals surface area contributed by atoms with Gasteiger partial charge in [-0.1, -0.05) is 18.2 Å². The first-order chi connectivity index (χ1) is 9.19. The number of carbonyl (C=O) groups is 1. The zero-order chi connectivity index (χ0) is 15.3. The Hall–Kier alpha value is -1.62. The van der Waals surface area contributed by atoms with E-state index in [-0.39, 0.29) is 18.0 Å². The molecule has 0 fully saturated rings. The number of thiocarbonyl (C=S) groups is 1. The Morgan fingerprint density at radius 1 is 1.30 bits per heavy atom. The van der Waals surface area contributed by atoms with Crippen LogP contribution in [-0.2, 0) is 4.79 Å². The summed E-state index contributed by atoms with van der Waals surface area (Å²) in [7, 11) is 1.80. The lowest BCUT2D eigenvalue weighted by Crippen LogP contribution is -2.47. The third-order valence-electron chi connectivity index (χ3n) is 2.63. The van der Waals surface area contributed by atoms with E-state index in [2.05, 4.69) is 10.6 Å². The van der Waals surface area contributed by atoms with Gasteiger partial charge in [-0.15, -0.1) is 0 Å². The maximum atomic E-state index is 11.9. The summed E-state index contributed by atoms with van der Waals surface area (Å²) >= 11 is 5.31. The zero-order valence-electron chi connectivity index (χ0n) is 12.8. The number of hydrogen-bond donors (Lipinski definition) is 2. The number of para-hydroxylation sites is 1. The summed E-state index contributed by atoms with van der Waals surface area (Å²) in [6.45, 7) is 8.10. The minimum absolute atomic E-state index is 0.0473. The Balaban J connectivity index is 2.56. The number of hydrogen-bond acceptors (Lipinski definition) is 2. The molecule has 0 unspecified atom stereocenters. The lowest BCUT2D eigenvalue weighted by Gasteiger charge is -2.25. The van der Waals surface area contributed by atoms with Crippen molar-refractivity contribution in [1.82, 2.24) is 10.2 Å². The van der Waals surface area contributed by atoms with E-state index in [1.54, 1.807) is 11.9 Å². The van der Waals surface area contributed by atoms with Crippen LogP contribution in [0, 0.1) is 6.92 Å². The van der Waals surface area contributed by atoms with E-state index >= 15 is 0 Å². The van der Waals surface area contributed by atoms with Gasteiger partial charge in [0.25, 0.3) is 0 Å². The summed E-state index contributed by atoms with van der Waals surface area (Å²) in [6.07, 6.45) is 0. The largest absolute Gasteiger partial charge is 0.350 e.